The van der Waals surface area contributed by atoms with E-state index in [1.165, 1.54) is 5.56 Å². The number of rotatable bonds is 8. The zero-order chi connectivity index (χ0) is 22.6. The smallest absolute Gasteiger partial charge is 0.251 e. The van der Waals surface area contributed by atoms with Gasteiger partial charge in [-0.3, -0.25) is 4.79 Å². The lowest BCUT2D eigenvalue weighted by Crippen LogP contribution is -2.25. The molecular formula is C25H23N5O3. The molecule has 0 radical (unpaired) electrons. The van der Waals surface area contributed by atoms with Gasteiger partial charge in [-0.2, -0.15) is 0 Å². The predicted octanol–water partition coefficient (Wildman–Crippen LogP) is 4.29. The molecule has 33 heavy (non-hydrogen) atoms. The van der Waals surface area contributed by atoms with E-state index in [4.69, 9.17) is 13.8 Å². The van der Waals surface area contributed by atoms with Gasteiger partial charge in [-0.25, -0.2) is 4.98 Å². The number of aryl methyl sites for hydroxylation is 2. The van der Waals surface area contributed by atoms with Gasteiger partial charge in [-0.15, -0.1) is 10.2 Å². The van der Waals surface area contributed by atoms with Crippen LogP contribution in [0.25, 0.3) is 22.5 Å². The average Bonchev–Trinajstić information content (AvgIpc) is 3.56. The summed E-state index contributed by atoms with van der Waals surface area (Å²) in [5, 5.41) is 11.1. The Morgan fingerprint density at radius 3 is 2.67 bits per heavy atom. The van der Waals surface area contributed by atoms with E-state index in [0.717, 1.165) is 22.4 Å². The first kappa shape index (κ1) is 20.7. The fraction of sp³-hybridized carbons (Fsp3) is 0.200. The maximum Gasteiger partial charge on any atom is 0.251 e. The van der Waals surface area contributed by atoms with Crippen LogP contribution in [-0.4, -0.2) is 25.7 Å². The van der Waals surface area contributed by atoms with E-state index in [1.54, 1.807) is 12.3 Å². The molecule has 3 heterocycles. The third-order valence-electron chi connectivity index (χ3n) is 5.48. The van der Waals surface area contributed by atoms with Gasteiger partial charge in [0.2, 0.25) is 11.8 Å². The first-order valence-corrected chi connectivity index (χ1v) is 10.8. The fourth-order valence-electron chi connectivity index (χ4n) is 3.76. The molecule has 5 rings (SSSR count). The summed E-state index contributed by atoms with van der Waals surface area (Å²) in [7, 11) is 0. The maximum atomic E-state index is 12.5. The molecule has 0 bridgehead atoms. The summed E-state index contributed by atoms with van der Waals surface area (Å²) in [6.07, 6.45) is 2.17. The van der Waals surface area contributed by atoms with Crippen molar-refractivity contribution in [2.24, 2.45) is 0 Å². The molecule has 3 aromatic heterocycles. The van der Waals surface area contributed by atoms with Crippen molar-refractivity contribution in [3.8, 4) is 11.5 Å². The Kier molecular flexibility index (Phi) is 5.72. The molecule has 0 fully saturated rings. The largest absolute Gasteiger partial charge is 0.469 e. The van der Waals surface area contributed by atoms with Crippen molar-refractivity contribution in [2.45, 2.75) is 32.9 Å². The Balaban J connectivity index is 1.23. The van der Waals surface area contributed by atoms with E-state index in [-0.39, 0.29) is 12.3 Å². The molecule has 0 unspecified atom stereocenters. The highest BCUT2D eigenvalue weighted by Gasteiger charge is 2.15. The SMILES string of the molecule is Cc1occc1-c1nnc(CCC(=O)NCc2nc3ccccc3n2Cc2ccccc2)o1. The summed E-state index contributed by atoms with van der Waals surface area (Å²) in [5.74, 6) is 2.22. The lowest BCUT2D eigenvalue weighted by Gasteiger charge is -2.10. The molecule has 0 aliphatic carbocycles. The first-order chi connectivity index (χ1) is 16.2. The number of amides is 1. The molecule has 166 valence electrons. The van der Waals surface area contributed by atoms with Crippen LogP contribution in [0.3, 0.4) is 0 Å². The first-order valence-electron chi connectivity index (χ1n) is 10.8. The Morgan fingerprint density at radius 1 is 1.03 bits per heavy atom. The molecule has 0 saturated carbocycles. The molecule has 1 N–H and O–H groups in total. The zero-order valence-corrected chi connectivity index (χ0v) is 18.2. The number of carbonyl (C=O) groups is 1. The van der Waals surface area contributed by atoms with E-state index < -0.39 is 0 Å². The van der Waals surface area contributed by atoms with Crippen LogP contribution in [0, 0.1) is 6.92 Å². The van der Waals surface area contributed by atoms with Crippen LogP contribution >= 0.6 is 0 Å². The van der Waals surface area contributed by atoms with Crippen molar-refractivity contribution in [3.05, 3.63) is 90.0 Å². The van der Waals surface area contributed by atoms with Gasteiger partial charge in [0.25, 0.3) is 5.89 Å². The number of fused-ring (bicyclic) bond motifs is 1. The number of hydrogen-bond acceptors (Lipinski definition) is 6. The number of carbonyl (C=O) groups excluding carboxylic acids is 1. The predicted molar refractivity (Wildman–Crippen MR) is 122 cm³/mol. The van der Waals surface area contributed by atoms with Gasteiger partial charge in [-0.05, 0) is 30.7 Å². The average molecular weight is 441 g/mol. The van der Waals surface area contributed by atoms with E-state index >= 15 is 0 Å². The van der Waals surface area contributed by atoms with E-state index in [2.05, 4.69) is 32.2 Å². The Hall–Kier alpha value is -4.20. The second-order valence-corrected chi connectivity index (χ2v) is 7.76. The number of hydrogen-bond donors (Lipinski definition) is 1. The zero-order valence-electron chi connectivity index (χ0n) is 18.2. The minimum absolute atomic E-state index is 0.104. The number of imidazole rings is 1. The molecule has 5 aromatic rings. The Labute approximate surface area is 190 Å². The van der Waals surface area contributed by atoms with Gasteiger partial charge in [0.05, 0.1) is 29.4 Å². The highest BCUT2D eigenvalue weighted by atomic mass is 16.4. The summed E-state index contributed by atoms with van der Waals surface area (Å²) < 4.78 is 13.1. The van der Waals surface area contributed by atoms with Crippen molar-refractivity contribution in [3.63, 3.8) is 0 Å². The lowest BCUT2D eigenvalue weighted by molar-refractivity contribution is -0.121. The third-order valence-corrected chi connectivity index (χ3v) is 5.48. The van der Waals surface area contributed by atoms with E-state index in [0.29, 0.717) is 37.1 Å². The molecule has 0 aliphatic heterocycles. The summed E-state index contributed by atoms with van der Waals surface area (Å²) in [5.41, 5.74) is 3.88. The second-order valence-electron chi connectivity index (χ2n) is 7.76. The number of furan rings is 1. The van der Waals surface area contributed by atoms with Gasteiger partial charge in [-0.1, -0.05) is 42.5 Å². The van der Waals surface area contributed by atoms with Crippen LogP contribution in [0.4, 0.5) is 0 Å². The number of para-hydroxylation sites is 2. The van der Waals surface area contributed by atoms with Gasteiger partial charge >= 0.3 is 0 Å². The molecule has 2 aromatic carbocycles. The molecule has 1 amide bonds. The van der Waals surface area contributed by atoms with Crippen molar-refractivity contribution in [1.29, 1.82) is 0 Å². The number of nitrogens with zero attached hydrogens (tertiary/aromatic N) is 4. The molecule has 8 nitrogen and oxygen atoms in total. The van der Waals surface area contributed by atoms with Gasteiger partial charge in [0, 0.05) is 19.4 Å². The second kappa shape index (κ2) is 9.12. The summed E-state index contributed by atoms with van der Waals surface area (Å²) in [4.78, 5) is 17.2. The van der Waals surface area contributed by atoms with Crippen molar-refractivity contribution in [2.75, 3.05) is 0 Å². The van der Waals surface area contributed by atoms with Crippen LogP contribution in [0.1, 0.15) is 29.5 Å². The van der Waals surface area contributed by atoms with Crippen molar-refractivity contribution in [1.82, 2.24) is 25.1 Å². The molecular weight excluding hydrogens is 418 g/mol. The highest BCUT2D eigenvalue weighted by Crippen LogP contribution is 2.23. The standard InChI is InChI=1S/C25H23N5O3/c1-17-19(13-14-32-17)25-29-28-24(33-25)12-11-23(31)26-15-22-27-20-9-5-6-10-21(20)30(22)16-18-7-3-2-4-8-18/h2-10,13-14H,11-12,15-16H2,1H3,(H,26,31). The van der Waals surface area contributed by atoms with E-state index in [1.807, 2.05) is 49.4 Å². The topological polar surface area (TPSA) is 99.0 Å². The summed E-state index contributed by atoms with van der Waals surface area (Å²) in [6, 6.07) is 20.0. The van der Waals surface area contributed by atoms with Crippen LogP contribution < -0.4 is 5.32 Å². The summed E-state index contributed by atoms with van der Waals surface area (Å²) >= 11 is 0. The van der Waals surface area contributed by atoms with Crippen LogP contribution in [0.2, 0.25) is 0 Å². The van der Waals surface area contributed by atoms with Gasteiger partial charge in [0.1, 0.15) is 11.6 Å². The molecule has 0 spiro atoms. The summed E-state index contributed by atoms with van der Waals surface area (Å²) in [6.45, 7) is 2.85. The van der Waals surface area contributed by atoms with Crippen LogP contribution in [0.5, 0.6) is 0 Å². The third kappa shape index (κ3) is 4.55. The maximum absolute atomic E-state index is 12.5. The number of benzene rings is 2. The van der Waals surface area contributed by atoms with Gasteiger partial charge in [0.15, 0.2) is 0 Å². The Morgan fingerprint density at radius 2 is 1.85 bits per heavy atom. The highest BCUT2D eigenvalue weighted by molar-refractivity contribution is 5.77. The normalized spacial score (nSPS) is 11.2. The van der Waals surface area contributed by atoms with Crippen molar-refractivity contribution < 1.29 is 13.6 Å². The minimum Gasteiger partial charge on any atom is -0.469 e. The van der Waals surface area contributed by atoms with Crippen LogP contribution in [-0.2, 0) is 24.3 Å². The number of nitrogens with one attached hydrogen (secondary N) is 1. The molecule has 0 aliphatic rings. The lowest BCUT2D eigenvalue weighted by atomic mass is 10.2. The van der Waals surface area contributed by atoms with E-state index in [9.17, 15) is 4.79 Å². The molecule has 0 atom stereocenters. The quantitative estimate of drug-likeness (QED) is 0.386. The molecule has 0 saturated heterocycles. The Bertz CT molecular complexity index is 1380. The van der Waals surface area contributed by atoms with Gasteiger partial charge < -0.3 is 18.7 Å². The monoisotopic (exact) mass is 441 g/mol. The number of aromatic nitrogens is 4. The minimum atomic E-state index is -0.104. The van der Waals surface area contributed by atoms with Crippen LogP contribution in [0.15, 0.2) is 75.8 Å². The molecule has 8 heteroatoms. The van der Waals surface area contributed by atoms with Crippen molar-refractivity contribution >= 4 is 16.9 Å². The fourth-order valence-corrected chi connectivity index (χ4v) is 3.76.